The van der Waals surface area contributed by atoms with Gasteiger partial charge in [0.25, 0.3) is 5.91 Å². The van der Waals surface area contributed by atoms with E-state index in [-0.39, 0.29) is 5.91 Å². The number of carbonyl (C=O) groups is 1. The number of nitrogens with one attached hydrogen (secondary N) is 1. The molecule has 0 atom stereocenters. The number of aromatic nitrogens is 2. The first kappa shape index (κ1) is 16.2. The van der Waals surface area contributed by atoms with Crippen molar-refractivity contribution in [2.45, 2.75) is 13.8 Å². The molecule has 24 heavy (non-hydrogen) atoms. The second kappa shape index (κ2) is 6.45. The third kappa shape index (κ3) is 2.90. The van der Waals surface area contributed by atoms with E-state index in [1.807, 2.05) is 6.92 Å². The monoisotopic (exact) mass is 343 g/mol. The minimum absolute atomic E-state index is 0.299. The summed E-state index contributed by atoms with van der Waals surface area (Å²) in [5.41, 5.74) is 2.64. The predicted octanol–water partition coefficient (Wildman–Crippen LogP) is 4.53. The van der Waals surface area contributed by atoms with Crippen LogP contribution in [0.15, 0.2) is 48.7 Å². The molecule has 0 radical (unpaired) electrons. The van der Waals surface area contributed by atoms with Crippen LogP contribution in [0.4, 0.5) is 10.1 Å². The fraction of sp³-hybridized carbons (Fsp3) is 0.111. The summed E-state index contributed by atoms with van der Waals surface area (Å²) in [5.74, 6) is -0.721. The molecule has 1 aromatic heterocycles. The van der Waals surface area contributed by atoms with Crippen LogP contribution in [0.3, 0.4) is 0 Å². The molecule has 1 heterocycles. The Bertz CT molecular complexity index is 920. The highest BCUT2D eigenvalue weighted by atomic mass is 35.5. The largest absolute Gasteiger partial charge is 0.322 e. The third-order valence-corrected chi connectivity index (χ3v) is 4.26. The first-order valence-electron chi connectivity index (χ1n) is 7.35. The van der Waals surface area contributed by atoms with E-state index in [0.717, 1.165) is 5.56 Å². The van der Waals surface area contributed by atoms with Crippen LogP contribution in [0, 0.1) is 19.7 Å². The molecule has 1 N–H and O–H groups in total. The second-order valence-electron chi connectivity index (χ2n) is 5.37. The highest BCUT2D eigenvalue weighted by molar-refractivity contribution is 6.31. The van der Waals surface area contributed by atoms with Crippen molar-refractivity contribution in [3.8, 4) is 5.69 Å². The van der Waals surface area contributed by atoms with Crippen molar-refractivity contribution in [2.75, 3.05) is 5.32 Å². The van der Waals surface area contributed by atoms with Gasteiger partial charge in [0.05, 0.1) is 17.5 Å². The molecule has 4 nitrogen and oxygen atoms in total. The SMILES string of the molecule is Cc1c(Cl)cccc1NC(=O)c1cnn(-c2ccccc2F)c1C. The van der Waals surface area contributed by atoms with E-state index >= 15 is 0 Å². The Balaban J connectivity index is 1.92. The van der Waals surface area contributed by atoms with E-state index in [1.54, 1.807) is 43.3 Å². The average Bonchev–Trinajstić information content (AvgIpc) is 2.94. The average molecular weight is 344 g/mol. The van der Waals surface area contributed by atoms with Gasteiger partial charge < -0.3 is 5.32 Å². The summed E-state index contributed by atoms with van der Waals surface area (Å²) in [6.45, 7) is 3.55. The molecule has 122 valence electrons. The van der Waals surface area contributed by atoms with Gasteiger partial charge in [0.1, 0.15) is 11.5 Å². The molecule has 0 saturated carbocycles. The number of para-hydroxylation sites is 1. The summed E-state index contributed by atoms with van der Waals surface area (Å²) >= 11 is 6.07. The summed E-state index contributed by atoms with van der Waals surface area (Å²) in [6, 6.07) is 11.6. The third-order valence-electron chi connectivity index (χ3n) is 3.85. The maximum absolute atomic E-state index is 13.9. The van der Waals surface area contributed by atoms with Crippen molar-refractivity contribution >= 4 is 23.2 Å². The van der Waals surface area contributed by atoms with E-state index in [1.165, 1.54) is 16.9 Å². The van der Waals surface area contributed by atoms with Gasteiger partial charge in [-0.3, -0.25) is 4.79 Å². The maximum Gasteiger partial charge on any atom is 0.259 e. The van der Waals surface area contributed by atoms with Crippen molar-refractivity contribution in [3.63, 3.8) is 0 Å². The molecule has 0 aliphatic carbocycles. The Hall–Kier alpha value is -2.66. The van der Waals surface area contributed by atoms with Gasteiger partial charge in [-0.2, -0.15) is 5.10 Å². The molecule has 0 bridgehead atoms. The Morgan fingerprint density at radius 2 is 1.92 bits per heavy atom. The lowest BCUT2D eigenvalue weighted by molar-refractivity contribution is 0.102. The topological polar surface area (TPSA) is 46.9 Å². The number of benzene rings is 2. The predicted molar refractivity (Wildman–Crippen MR) is 92.4 cm³/mol. The lowest BCUT2D eigenvalue weighted by Gasteiger charge is -2.10. The van der Waals surface area contributed by atoms with E-state index in [9.17, 15) is 9.18 Å². The van der Waals surface area contributed by atoms with Crippen molar-refractivity contribution in [1.82, 2.24) is 9.78 Å². The Kier molecular flexibility index (Phi) is 4.36. The fourth-order valence-corrected chi connectivity index (χ4v) is 2.61. The molecule has 1 amide bonds. The standard InChI is InChI=1S/C18H15ClFN3O/c1-11-14(19)6-5-8-16(11)22-18(24)13-10-21-23(12(13)2)17-9-4-3-7-15(17)20/h3-10H,1-2H3,(H,22,24). The number of nitrogens with zero attached hydrogens (tertiary/aromatic N) is 2. The van der Waals surface area contributed by atoms with E-state index < -0.39 is 5.82 Å². The van der Waals surface area contributed by atoms with E-state index in [2.05, 4.69) is 10.4 Å². The number of anilines is 1. The number of hydrogen-bond acceptors (Lipinski definition) is 2. The van der Waals surface area contributed by atoms with Crippen LogP contribution in [0.25, 0.3) is 5.69 Å². The molecule has 3 rings (SSSR count). The first-order chi connectivity index (χ1) is 11.5. The van der Waals surface area contributed by atoms with Crippen LogP contribution >= 0.6 is 11.6 Å². The molecule has 0 aliphatic heterocycles. The van der Waals surface area contributed by atoms with Crippen molar-refractivity contribution in [2.24, 2.45) is 0 Å². The van der Waals surface area contributed by atoms with Gasteiger partial charge in [0.15, 0.2) is 0 Å². The van der Waals surface area contributed by atoms with E-state index in [4.69, 9.17) is 11.6 Å². The summed E-state index contributed by atoms with van der Waals surface area (Å²) < 4.78 is 15.3. The lowest BCUT2D eigenvalue weighted by atomic mass is 10.2. The van der Waals surface area contributed by atoms with Gasteiger partial charge in [-0.05, 0) is 43.7 Å². The summed E-state index contributed by atoms with van der Waals surface area (Å²) in [4.78, 5) is 12.5. The maximum atomic E-state index is 13.9. The Morgan fingerprint density at radius 1 is 1.17 bits per heavy atom. The van der Waals surface area contributed by atoms with Crippen LogP contribution < -0.4 is 5.32 Å². The number of amides is 1. The summed E-state index contributed by atoms with van der Waals surface area (Å²) in [6.07, 6.45) is 1.43. The molecule has 6 heteroatoms. The number of carbonyl (C=O) groups excluding carboxylic acids is 1. The van der Waals surface area contributed by atoms with Gasteiger partial charge in [-0.25, -0.2) is 9.07 Å². The zero-order chi connectivity index (χ0) is 17.3. The van der Waals surface area contributed by atoms with Crippen LogP contribution in [-0.2, 0) is 0 Å². The minimum Gasteiger partial charge on any atom is -0.322 e. The van der Waals surface area contributed by atoms with Crippen LogP contribution in [0.2, 0.25) is 5.02 Å². The number of rotatable bonds is 3. The van der Waals surface area contributed by atoms with Crippen LogP contribution in [0.5, 0.6) is 0 Å². The smallest absolute Gasteiger partial charge is 0.259 e. The summed E-state index contributed by atoms with van der Waals surface area (Å²) in [7, 11) is 0. The highest BCUT2D eigenvalue weighted by Gasteiger charge is 2.17. The Labute approximate surface area is 143 Å². The molecule has 0 unspecified atom stereocenters. The lowest BCUT2D eigenvalue weighted by Crippen LogP contribution is -2.14. The van der Waals surface area contributed by atoms with Gasteiger partial charge >= 0.3 is 0 Å². The second-order valence-corrected chi connectivity index (χ2v) is 5.78. The number of hydrogen-bond donors (Lipinski definition) is 1. The van der Waals surface area contributed by atoms with Crippen LogP contribution in [0.1, 0.15) is 21.6 Å². The van der Waals surface area contributed by atoms with Gasteiger partial charge in [0, 0.05) is 10.7 Å². The molecule has 0 fully saturated rings. The molecule has 0 saturated heterocycles. The molecular weight excluding hydrogens is 329 g/mol. The molecule has 0 spiro atoms. The van der Waals surface area contributed by atoms with Crippen LogP contribution in [-0.4, -0.2) is 15.7 Å². The number of halogens is 2. The Morgan fingerprint density at radius 3 is 2.67 bits per heavy atom. The van der Waals surface area contributed by atoms with Crippen molar-refractivity contribution in [1.29, 1.82) is 0 Å². The van der Waals surface area contributed by atoms with E-state index in [0.29, 0.717) is 27.7 Å². The quantitative estimate of drug-likeness (QED) is 0.759. The first-order valence-corrected chi connectivity index (χ1v) is 7.73. The highest BCUT2D eigenvalue weighted by Crippen LogP contribution is 2.24. The fourth-order valence-electron chi connectivity index (χ4n) is 2.43. The molecule has 2 aromatic carbocycles. The molecular formula is C18H15ClFN3O. The normalized spacial score (nSPS) is 10.7. The van der Waals surface area contributed by atoms with Gasteiger partial charge in [0.2, 0.25) is 0 Å². The minimum atomic E-state index is -0.402. The zero-order valence-corrected chi connectivity index (χ0v) is 13.9. The van der Waals surface area contributed by atoms with Crippen molar-refractivity contribution < 1.29 is 9.18 Å². The molecule has 0 aliphatic rings. The zero-order valence-electron chi connectivity index (χ0n) is 13.2. The van der Waals surface area contributed by atoms with Gasteiger partial charge in [-0.1, -0.05) is 29.8 Å². The molecule has 3 aromatic rings. The summed E-state index contributed by atoms with van der Waals surface area (Å²) in [5, 5.41) is 7.53. The van der Waals surface area contributed by atoms with Crippen molar-refractivity contribution in [3.05, 3.63) is 76.3 Å². The van der Waals surface area contributed by atoms with Gasteiger partial charge in [-0.15, -0.1) is 0 Å².